The smallest absolute Gasteiger partial charge is 0.333 e. The van der Waals surface area contributed by atoms with E-state index in [4.69, 9.17) is 21.1 Å². The van der Waals surface area contributed by atoms with Crippen LogP contribution in [0, 0.1) is 19.0 Å². The standard InChI is InChI=1S/C22H19ClI2O4/c1-2-28-21(22(26)27)13-16-7-8-20(19(23)12-16)29-9-5-3-4-6-15-10-17(24)14-18(25)11-15/h3,5,7-8,10-12,14,21H,2,9,13H2,1H3,(H,26,27)/b5-3+/t21-/m0/s1. The maximum atomic E-state index is 11.2. The SMILES string of the molecule is CCO[C@@H](Cc1ccc(OC/C=C/C#Cc2cc(I)cc(I)c2)c(Cl)c1)C(=O)O. The van der Waals surface area contributed by atoms with Gasteiger partial charge >= 0.3 is 5.97 Å². The molecule has 0 saturated heterocycles. The molecule has 0 aliphatic rings. The minimum atomic E-state index is -0.991. The third-order valence-corrected chi connectivity index (χ3v) is 5.22. The number of carbonyl (C=O) groups is 1. The van der Waals surface area contributed by atoms with Gasteiger partial charge in [-0.3, -0.25) is 0 Å². The molecule has 29 heavy (non-hydrogen) atoms. The molecule has 0 aliphatic carbocycles. The monoisotopic (exact) mass is 636 g/mol. The van der Waals surface area contributed by atoms with Gasteiger partial charge in [0.1, 0.15) is 12.4 Å². The average Bonchev–Trinajstić information content (AvgIpc) is 2.64. The lowest BCUT2D eigenvalue weighted by Gasteiger charge is -2.13. The number of aliphatic carboxylic acids is 1. The van der Waals surface area contributed by atoms with Crippen LogP contribution in [0.25, 0.3) is 0 Å². The van der Waals surface area contributed by atoms with Crippen molar-refractivity contribution in [1.29, 1.82) is 0 Å². The highest BCUT2D eigenvalue weighted by Gasteiger charge is 2.18. The maximum Gasteiger partial charge on any atom is 0.333 e. The maximum absolute atomic E-state index is 11.2. The number of hydrogen-bond donors (Lipinski definition) is 1. The van der Waals surface area contributed by atoms with Crippen molar-refractivity contribution in [2.24, 2.45) is 0 Å². The number of carboxylic acids is 1. The molecule has 0 spiro atoms. The van der Waals surface area contributed by atoms with Crippen LogP contribution >= 0.6 is 56.8 Å². The number of halogens is 3. The number of rotatable bonds is 8. The van der Waals surface area contributed by atoms with Crippen LogP contribution in [0.4, 0.5) is 0 Å². The Labute approximate surface area is 202 Å². The van der Waals surface area contributed by atoms with Crippen molar-refractivity contribution >= 4 is 62.8 Å². The summed E-state index contributed by atoms with van der Waals surface area (Å²) in [6, 6.07) is 11.4. The zero-order valence-corrected chi connectivity index (χ0v) is 20.7. The fourth-order valence-electron chi connectivity index (χ4n) is 2.42. The van der Waals surface area contributed by atoms with Gasteiger partial charge in [-0.2, -0.15) is 0 Å². The van der Waals surface area contributed by atoms with Gasteiger partial charge < -0.3 is 14.6 Å². The Bertz CT molecular complexity index is 927. The predicted octanol–water partition coefficient (Wildman–Crippen LogP) is 5.57. The van der Waals surface area contributed by atoms with Gasteiger partial charge in [-0.15, -0.1) is 0 Å². The third-order valence-electron chi connectivity index (χ3n) is 3.68. The second-order valence-electron chi connectivity index (χ2n) is 5.89. The van der Waals surface area contributed by atoms with Crippen molar-refractivity contribution in [3.05, 3.63) is 71.8 Å². The highest BCUT2D eigenvalue weighted by molar-refractivity contribution is 14.1. The molecule has 1 N–H and O–H groups in total. The first-order chi connectivity index (χ1) is 13.9. The van der Waals surface area contributed by atoms with E-state index in [9.17, 15) is 9.90 Å². The Kier molecular flexibility index (Phi) is 10.3. The largest absolute Gasteiger partial charge is 0.488 e. The molecule has 0 aliphatic heterocycles. The third kappa shape index (κ3) is 8.54. The Balaban J connectivity index is 1.90. The summed E-state index contributed by atoms with van der Waals surface area (Å²) >= 11 is 10.8. The van der Waals surface area contributed by atoms with Crippen LogP contribution in [0.2, 0.25) is 5.02 Å². The summed E-state index contributed by atoms with van der Waals surface area (Å²) in [6.07, 6.45) is 2.91. The number of benzene rings is 2. The first-order valence-electron chi connectivity index (χ1n) is 8.77. The van der Waals surface area contributed by atoms with E-state index >= 15 is 0 Å². The molecule has 152 valence electrons. The van der Waals surface area contributed by atoms with Crippen LogP contribution in [0.1, 0.15) is 18.1 Å². The summed E-state index contributed by atoms with van der Waals surface area (Å²) in [4.78, 5) is 11.2. The fourth-order valence-corrected chi connectivity index (χ4v) is 4.61. The van der Waals surface area contributed by atoms with Gasteiger partial charge in [-0.25, -0.2) is 4.79 Å². The van der Waals surface area contributed by atoms with Crippen molar-refractivity contribution in [3.8, 4) is 17.6 Å². The molecule has 7 heteroatoms. The van der Waals surface area contributed by atoms with Crippen LogP contribution in [-0.4, -0.2) is 30.4 Å². The zero-order valence-electron chi connectivity index (χ0n) is 15.6. The highest BCUT2D eigenvalue weighted by atomic mass is 127. The first kappa shape index (κ1) is 24.0. The van der Waals surface area contributed by atoms with Crippen molar-refractivity contribution < 1.29 is 19.4 Å². The molecule has 2 rings (SSSR count). The molecule has 0 fully saturated rings. The summed E-state index contributed by atoms with van der Waals surface area (Å²) in [7, 11) is 0. The van der Waals surface area contributed by atoms with Gasteiger partial charge in [0.05, 0.1) is 5.02 Å². The van der Waals surface area contributed by atoms with E-state index in [0.29, 0.717) is 24.0 Å². The summed E-state index contributed by atoms with van der Waals surface area (Å²) in [5, 5.41) is 9.60. The van der Waals surface area contributed by atoms with Crippen LogP contribution in [-0.2, 0) is 16.0 Å². The minimum Gasteiger partial charge on any atom is -0.488 e. The summed E-state index contributed by atoms with van der Waals surface area (Å²) in [5.74, 6) is 5.62. The lowest BCUT2D eigenvalue weighted by atomic mass is 10.1. The number of ether oxygens (including phenoxy) is 2. The van der Waals surface area contributed by atoms with Gasteiger partial charge in [0.2, 0.25) is 0 Å². The molecule has 4 nitrogen and oxygen atoms in total. The minimum absolute atomic E-state index is 0.246. The van der Waals surface area contributed by atoms with Gasteiger partial charge in [0, 0.05) is 25.7 Å². The van der Waals surface area contributed by atoms with Crippen molar-refractivity contribution in [1.82, 2.24) is 0 Å². The topological polar surface area (TPSA) is 55.8 Å². The molecule has 2 aromatic rings. The van der Waals surface area contributed by atoms with E-state index in [2.05, 4.69) is 63.1 Å². The van der Waals surface area contributed by atoms with Crippen molar-refractivity contribution in [2.75, 3.05) is 13.2 Å². The average molecular weight is 637 g/mol. The molecular weight excluding hydrogens is 617 g/mol. The van der Waals surface area contributed by atoms with Crippen molar-refractivity contribution in [2.45, 2.75) is 19.4 Å². The van der Waals surface area contributed by atoms with Crippen LogP contribution in [0.3, 0.4) is 0 Å². The molecule has 0 bridgehead atoms. The molecule has 0 unspecified atom stereocenters. The normalized spacial score (nSPS) is 11.7. The molecule has 0 amide bonds. The van der Waals surface area contributed by atoms with Gasteiger partial charge in [-0.1, -0.05) is 29.5 Å². The summed E-state index contributed by atoms with van der Waals surface area (Å²) < 4.78 is 13.2. The molecule has 0 aromatic heterocycles. The summed E-state index contributed by atoms with van der Waals surface area (Å²) in [6.45, 7) is 2.43. The van der Waals surface area contributed by atoms with E-state index in [1.165, 1.54) is 0 Å². The van der Waals surface area contributed by atoms with E-state index < -0.39 is 12.1 Å². The van der Waals surface area contributed by atoms with Crippen LogP contribution in [0.5, 0.6) is 5.75 Å². The van der Waals surface area contributed by atoms with Crippen LogP contribution in [0.15, 0.2) is 48.6 Å². The Morgan fingerprint density at radius 1 is 1.24 bits per heavy atom. The molecule has 0 saturated carbocycles. The van der Waals surface area contributed by atoms with E-state index in [1.807, 2.05) is 18.2 Å². The van der Waals surface area contributed by atoms with E-state index in [0.717, 1.165) is 18.3 Å². The Hall–Kier alpha value is -1.28. The van der Waals surface area contributed by atoms with E-state index in [-0.39, 0.29) is 6.42 Å². The second kappa shape index (κ2) is 12.4. The van der Waals surface area contributed by atoms with Gasteiger partial charge in [0.15, 0.2) is 6.10 Å². The molecule has 1 atom stereocenters. The number of allylic oxidation sites excluding steroid dienone is 1. The quantitative estimate of drug-likeness (QED) is 0.304. The number of carboxylic acid groups (broad SMARTS) is 1. The Morgan fingerprint density at radius 3 is 2.59 bits per heavy atom. The first-order valence-corrected chi connectivity index (χ1v) is 11.3. The lowest BCUT2D eigenvalue weighted by Crippen LogP contribution is -2.26. The zero-order chi connectivity index (χ0) is 21.2. The Morgan fingerprint density at radius 2 is 1.97 bits per heavy atom. The molecule has 2 aromatic carbocycles. The molecular formula is C22H19ClI2O4. The number of hydrogen-bond acceptors (Lipinski definition) is 3. The highest BCUT2D eigenvalue weighted by Crippen LogP contribution is 2.26. The van der Waals surface area contributed by atoms with Gasteiger partial charge in [0.25, 0.3) is 0 Å². The van der Waals surface area contributed by atoms with Crippen molar-refractivity contribution in [3.63, 3.8) is 0 Å². The fraction of sp³-hybridized carbons (Fsp3) is 0.227. The van der Waals surface area contributed by atoms with Crippen LogP contribution < -0.4 is 4.74 Å². The molecule has 0 radical (unpaired) electrons. The second-order valence-corrected chi connectivity index (χ2v) is 8.79. The van der Waals surface area contributed by atoms with Gasteiger partial charge in [-0.05, 0) is 100 Å². The predicted molar refractivity (Wildman–Crippen MR) is 132 cm³/mol. The van der Waals surface area contributed by atoms with E-state index in [1.54, 1.807) is 31.2 Å². The lowest BCUT2D eigenvalue weighted by molar-refractivity contribution is -0.149. The summed E-state index contributed by atoms with van der Waals surface area (Å²) in [5.41, 5.74) is 1.74. The molecule has 0 heterocycles.